The van der Waals surface area contributed by atoms with E-state index in [1.807, 2.05) is 19.9 Å². The van der Waals surface area contributed by atoms with Gasteiger partial charge in [-0.15, -0.1) is 0 Å². The maximum Gasteiger partial charge on any atom is 0.186 e. The van der Waals surface area contributed by atoms with Crippen LogP contribution < -0.4 is 10.1 Å². The summed E-state index contributed by atoms with van der Waals surface area (Å²) in [4.78, 5) is 12.3. The maximum absolute atomic E-state index is 12.3. The van der Waals surface area contributed by atoms with Gasteiger partial charge < -0.3 is 10.1 Å². The maximum atomic E-state index is 12.3. The van der Waals surface area contributed by atoms with Crippen molar-refractivity contribution in [2.75, 3.05) is 14.2 Å². The minimum absolute atomic E-state index is 0.00755. The van der Waals surface area contributed by atoms with Crippen molar-refractivity contribution in [2.45, 2.75) is 19.4 Å². The number of methoxy groups -OCH3 is 1. The first-order valence-electron chi connectivity index (χ1n) is 4.99. The lowest BCUT2D eigenvalue weighted by Crippen LogP contribution is -2.44. The summed E-state index contributed by atoms with van der Waals surface area (Å²) >= 11 is 3.35. The predicted molar refractivity (Wildman–Crippen MR) is 68.2 cm³/mol. The first-order valence-corrected chi connectivity index (χ1v) is 5.79. The molecule has 0 aliphatic carbocycles. The average molecular weight is 286 g/mol. The molecule has 0 aliphatic rings. The van der Waals surface area contributed by atoms with Crippen molar-refractivity contribution in [1.82, 2.24) is 5.32 Å². The van der Waals surface area contributed by atoms with Gasteiger partial charge in [-0.1, -0.05) is 15.9 Å². The summed E-state index contributed by atoms with van der Waals surface area (Å²) in [5.74, 6) is 0.602. The van der Waals surface area contributed by atoms with Crippen molar-refractivity contribution in [3.8, 4) is 5.75 Å². The van der Waals surface area contributed by atoms with E-state index in [1.54, 1.807) is 26.3 Å². The Morgan fingerprint density at radius 1 is 1.44 bits per heavy atom. The molecule has 1 aromatic rings. The van der Waals surface area contributed by atoms with Crippen molar-refractivity contribution in [1.29, 1.82) is 0 Å². The highest BCUT2D eigenvalue weighted by atomic mass is 79.9. The lowest BCUT2D eigenvalue weighted by molar-refractivity contribution is 0.0886. The Morgan fingerprint density at radius 2 is 2.06 bits per heavy atom. The molecule has 1 N–H and O–H groups in total. The highest BCUT2D eigenvalue weighted by Gasteiger charge is 2.28. The Bertz CT molecular complexity index is 402. The molecule has 0 unspecified atom stereocenters. The number of carbonyl (C=O) groups excluding carboxylic acids is 1. The lowest BCUT2D eigenvalue weighted by Gasteiger charge is -2.23. The number of halogens is 1. The van der Waals surface area contributed by atoms with E-state index in [1.165, 1.54) is 0 Å². The Balaban J connectivity index is 3.21. The summed E-state index contributed by atoms with van der Waals surface area (Å²) < 4.78 is 6.06. The van der Waals surface area contributed by atoms with E-state index < -0.39 is 5.54 Å². The molecular formula is C12H16BrNO2. The fourth-order valence-electron chi connectivity index (χ4n) is 1.31. The first-order chi connectivity index (χ1) is 7.42. The van der Waals surface area contributed by atoms with Crippen molar-refractivity contribution in [3.63, 3.8) is 0 Å². The summed E-state index contributed by atoms with van der Waals surface area (Å²) in [6.45, 7) is 3.69. The normalized spacial score (nSPS) is 11.3. The topological polar surface area (TPSA) is 38.3 Å². The van der Waals surface area contributed by atoms with E-state index in [4.69, 9.17) is 4.74 Å². The van der Waals surface area contributed by atoms with Crippen LogP contribution in [0.25, 0.3) is 0 Å². The molecule has 88 valence electrons. The van der Waals surface area contributed by atoms with Gasteiger partial charge in [-0.05, 0) is 39.1 Å². The molecule has 0 spiro atoms. The molecule has 0 heterocycles. The second-order valence-corrected chi connectivity index (χ2v) is 4.96. The smallest absolute Gasteiger partial charge is 0.186 e. The molecule has 0 amide bonds. The number of ether oxygens (including phenoxy) is 1. The Kier molecular flexibility index (Phi) is 4.10. The molecule has 0 saturated heterocycles. The zero-order valence-corrected chi connectivity index (χ0v) is 11.5. The summed E-state index contributed by atoms with van der Waals surface area (Å²) in [7, 11) is 3.33. The van der Waals surface area contributed by atoms with Gasteiger partial charge in [0.1, 0.15) is 5.75 Å². The van der Waals surface area contributed by atoms with E-state index in [0.29, 0.717) is 11.3 Å². The summed E-state index contributed by atoms with van der Waals surface area (Å²) in [6, 6.07) is 5.41. The van der Waals surface area contributed by atoms with E-state index in [9.17, 15) is 4.79 Å². The summed E-state index contributed by atoms with van der Waals surface area (Å²) in [6.07, 6.45) is 0. The van der Waals surface area contributed by atoms with Gasteiger partial charge >= 0.3 is 0 Å². The minimum Gasteiger partial charge on any atom is -0.496 e. The number of Topliss-reactive ketones (excluding diaryl/α,β-unsaturated/α-hetero) is 1. The SMILES string of the molecule is CNC(C)(C)C(=O)c1cc(Br)ccc1OC. The Hall–Kier alpha value is -0.870. The van der Waals surface area contributed by atoms with Crippen LogP contribution in [0.5, 0.6) is 5.75 Å². The highest BCUT2D eigenvalue weighted by Crippen LogP contribution is 2.26. The van der Waals surface area contributed by atoms with Crippen molar-refractivity contribution < 1.29 is 9.53 Å². The molecule has 1 rings (SSSR count). The van der Waals surface area contributed by atoms with Gasteiger partial charge in [0.05, 0.1) is 18.2 Å². The molecule has 16 heavy (non-hydrogen) atoms. The fraction of sp³-hybridized carbons (Fsp3) is 0.417. The van der Waals surface area contributed by atoms with Gasteiger partial charge in [0.25, 0.3) is 0 Å². The van der Waals surface area contributed by atoms with Gasteiger partial charge in [0, 0.05) is 4.47 Å². The molecule has 0 radical (unpaired) electrons. The zero-order chi connectivity index (χ0) is 12.3. The quantitative estimate of drug-likeness (QED) is 0.865. The third-order valence-electron chi connectivity index (χ3n) is 2.60. The number of hydrogen-bond acceptors (Lipinski definition) is 3. The van der Waals surface area contributed by atoms with Crippen LogP contribution in [0, 0.1) is 0 Å². The number of nitrogens with one attached hydrogen (secondary N) is 1. The van der Waals surface area contributed by atoms with Gasteiger partial charge in [0.2, 0.25) is 0 Å². The average Bonchev–Trinajstić information content (AvgIpc) is 2.28. The van der Waals surface area contributed by atoms with Gasteiger partial charge in [-0.25, -0.2) is 0 Å². The second kappa shape index (κ2) is 4.97. The van der Waals surface area contributed by atoms with Crippen LogP contribution in [0.4, 0.5) is 0 Å². The molecule has 0 fully saturated rings. The first kappa shape index (κ1) is 13.2. The second-order valence-electron chi connectivity index (χ2n) is 4.05. The number of benzene rings is 1. The summed E-state index contributed by atoms with van der Waals surface area (Å²) in [5, 5.41) is 2.99. The molecule has 0 saturated carbocycles. The monoisotopic (exact) mass is 285 g/mol. The van der Waals surface area contributed by atoms with E-state index in [2.05, 4.69) is 21.2 Å². The number of rotatable bonds is 4. The van der Waals surface area contributed by atoms with Crippen molar-refractivity contribution in [2.24, 2.45) is 0 Å². The standard InChI is InChI=1S/C12H16BrNO2/c1-12(2,14-3)11(15)9-7-8(13)5-6-10(9)16-4/h5-7,14H,1-4H3. The van der Waals surface area contributed by atoms with Crippen molar-refractivity contribution >= 4 is 21.7 Å². The third kappa shape index (κ3) is 2.62. The van der Waals surface area contributed by atoms with Crippen molar-refractivity contribution in [3.05, 3.63) is 28.2 Å². The van der Waals surface area contributed by atoms with Crippen LogP contribution in [0.15, 0.2) is 22.7 Å². The molecular weight excluding hydrogens is 270 g/mol. The molecule has 4 heteroatoms. The fourth-order valence-corrected chi connectivity index (χ4v) is 1.67. The Morgan fingerprint density at radius 3 is 2.56 bits per heavy atom. The molecule has 0 aliphatic heterocycles. The third-order valence-corrected chi connectivity index (χ3v) is 3.09. The molecule has 3 nitrogen and oxygen atoms in total. The number of hydrogen-bond donors (Lipinski definition) is 1. The van der Waals surface area contributed by atoms with Crippen LogP contribution in [0.3, 0.4) is 0 Å². The zero-order valence-electron chi connectivity index (χ0n) is 9.93. The lowest BCUT2D eigenvalue weighted by atomic mass is 9.93. The highest BCUT2D eigenvalue weighted by molar-refractivity contribution is 9.10. The summed E-state index contributed by atoms with van der Waals surface area (Å²) in [5.41, 5.74) is -0.0233. The number of likely N-dealkylation sites (N-methyl/N-ethyl adjacent to an activating group) is 1. The molecule has 0 bridgehead atoms. The van der Waals surface area contributed by atoms with Gasteiger partial charge in [-0.2, -0.15) is 0 Å². The van der Waals surface area contributed by atoms with Crippen LogP contribution in [0.2, 0.25) is 0 Å². The Labute approximate surface area is 104 Å². The van der Waals surface area contributed by atoms with Crippen LogP contribution in [-0.2, 0) is 0 Å². The molecule has 1 aromatic carbocycles. The van der Waals surface area contributed by atoms with Crippen LogP contribution in [-0.4, -0.2) is 25.5 Å². The number of ketones is 1. The van der Waals surface area contributed by atoms with Crippen LogP contribution in [0.1, 0.15) is 24.2 Å². The van der Waals surface area contributed by atoms with Crippen LogP contribution >= 0.6 is 15.9 Å². The molecule has 0 aromatic heterocycles. The van der Waals surface area contributed by atoms with E-state index in [-0.39, 0.29) is 5.78 Å². The predicted octanol–water partition coefficient (Wildman–Crippen LogP) is 2.64. The van der Waals surface area contributed by atoms with Gasteiger partial charge in [-0.3, -0.25) is 4.79 Å². The van der Waals surface area contributed by atoms with Gasteiger partial charge in [0.15, 0.2) is 5.78 Å². The van der Waals surface area contributed by atoms with E-state index >= 15 is 0 Å². The minimum atomic E-state index is -0.603. The van der Waals surface area contributed by atoms with E-state index in [0.717, 1.165) is 4.47 Å². The largest absolute Gasteiger partial charge is 0.496 e. The number of carbonyl (C=O) groups is 1. The molecule has 0 atom stereocenters.